The molecule has 20 heavy (non-hydrogen) atoms. The molecule has 1 unspecified atom stereocenters. The van der Waals surface area contributed by atoms with Gasteiger partial charge in [-0.15, -0.1) is 0 Å². The van der Waals surface area contributed by atoms with E-state index in [2.05, 4.69) is 6.58 Å². The van der Waals surface area contributed by atoms with Gasteiger partial charge in [0.15, 0.2) is 0 Å². The Balaban J connectivity index is 2.05. The van der Waals surface area contributed by atoms with E-state index in [1.807, 2.05) is 6.92 Å². The van der Waals surface area contributed by atoms with Gasteiger partial charge in [0.25, 0.3) is 0 Å². The molecule has 1 rings (SSSR count). The predicted molar refractivity (Wildman–Crippen MR) is 74.2 cm³/mol. The summed E-state index contributed by atoms with van der Waals surface area (Å²) in [6, 6.07) is 0. The number of hydrogen-bond donors (Lipinski definition) is 0. The molecule has 2 atom stereocenters. The van der Waals surface area contributed by atoms with Crippen LogP contribution >= 0.6 is 0 Å². The molecular weight excluding hydrogens is 260 g/mol. The smallest absolute Gasteiger partial charge is 0.333 e. The third-order valence-corrected chi connectivity index (χ3v) is 3.09. The summed E-state index contributed by atoms with van der Waals surface area (Å²) in [5.74, 6) is -0.570. The van der Waals surface area contributed by atoms with Crippen molar-refractivity contribution in [2.24, 2.45) is 0 Å². The number of hydrogen-bond acceptors (Lipinski definition) is 5. The highest BCUT2D eigenvalue weighted by molar-refractivity contribution is 5.86. The summed E-state index contributed by atoms with van der Waals surface area (Å²) in [6.45, 7) is 8.04. The molecule has 0 amide bonds. The van der Waals surface area contributed by atoms with E-state index in [4.69, 9.17) is 14.2 Å². The molecule has 0 bridgehead atoms. The van der Waals surface area contributed by atoms with E-state index < -0.39 is 0 Å². The molecule has 114 valence electrons. The van der Waals surface area contributed by atoms with Crippen LogP contribution < -0.4 is 0 Å². The number of carbonyl (C=O) groups is 2. The Hall–Kier alpha value is -1.36. The summed E-state index contributed by atoms with van der Waals surface area (Å²) >= 11 is 0. The lowest BCUT2D eigenvalue weighted by atomic mass is 10.1. The Morgan fingerprint density at radius 1 is 1.35 bits per heavy atom. The molecule has 0 N–H and O–H groups in total. The Bertz CT molecular complexity index is 350. The first-order valence-electron chi connectivity index (χ1n) is 7.12. The number of esters is 2. The van der Waals surface area contributed by atoms with Crippen molar-refractivity contribution in [1.29, 1.82) is 0 Å². The van der Waals surface area contributed by atoms with Crippen LogP contribution in [0.2, 0.25) is 0 Å². The summed E-state index contributed by atoms with van der Waals surface area (Å²) < 4.78 is 15.7. The summed E-state index contributed by atoms with van der Waals surface area (Å²) in [4.78, 5) is 22.7. The molecule has 0 aromatic carbocycles. The van der Waals surface area contributed by atoms with Gasteiger partial charge >= 0.3 is 11.9 Å². The van der Waals surface area contributed by atoms with Gasteiger partial charge in [-0.2, -0.15) is 0 Å². The highest BCUT2D eigenvalue weighted by Crippen LogP contribution is 2.17. The van der Waals surface area contributed by atoms with Gasteiger partial charge in [0.05, 0.1) is 19.3 Å². The molecule has 1 fully saturated rings. The fourth-order valence-corrected chi connectivity index (χ4v) is 1.97. The van der Waals surface area contributed by atoms with Crippen molar-refractivity contribution in [2.45, 2.75) is 58.2 Å². The van der Waals surface area contributed by atoms with Gasteiger partial charge in [-0.25, -0.2) is 4.79 Å². The molecule has 0 saturated carbocycles. The topological polar surface area (TPSA) is 61.8 Å². The Morgan fingerprint density at radius 2 is 2.10 bits per heavy atom. The highest BCUT2D eigenvalue weighted by atomic mass is 16.6. The zero-order chi connectivity index (χ0) is 15.0. The Morgan fingerprint density at radius 3 is 2.75 bits per heavy atom. The Labute approximate surface area is 120 Å². The van der Waals surface area contributed by atoms with E-state index in [-0.39, 0.29) is 24.1 Å². The first-order valence-corrected chi connectivity index (χ1v) is 7.12. The van der Waals surface area contributed by atoms with Crippen molar-refractivity contribution in [3.8, 4) is 0 Å². The number of ether oxygens (including phenoxy) is 3. The van der Waals surface area contributed by atoms with Crippen LogP contribution in [0.15, 0.2) is 12.2 Å². The normalized spacial score (nSPS) is 22.1. The highest BCUT2D eigenvalue weighted by Gasteiger charge is 2.22. The zero-order valence-corrected chi connectivity index (χ0v) is 12.4. The summed E-state index contributed by atoms with van der Waals surface area (Å²) in [7, 11) is 0. The van der Waals surface area contributed by atoms with Gasteiger partial charge in [0.1, 0.15) is 6.10 Å². The largest absolute Gasteiger partial charge is 0.462 e. The minimum absolute atomic E-state index is 0.0208. The summed E-state index contributed by atoms with van der Waals surface area (Å²) in [6.07, 6.45) is 3.33. The van der Waals surface area contributed by atoms with Crippen LogP contribution in [0.1, 0.15) is 46.0 Å². The molecule has 1 saturated heterocycles. The summed E-state index contributed by atoms with van der Waals surface area (Å²) in [5.41, 5.74) is 0.387. The van der Waals surface area contributed by atoms with Crippen LogP contribution in [-0.2, 0) is 23.8 Å². The number of rotatable bonds is 7. The molecule has 0 radical (unpaired) electrons. The maximum atomic E-state index is 11.6. The first kappa shape index (κ1) is 16.7. The second kappa shape index (κ2) is 8.74. The molecule has 1 aliphatic rings. The second-order valence-corrected chi connectivity index (χ2v) is 5.19. The lowest BCUT2D eigenvalue weighted by molar-refractivity contribution is -0.155. The molecule has 0 aromatic rings. The van der Waals surface area contributed by atoms with Crippen LogP contribution in [-0.4, -0.2) is 37.4 Å². The molecule has 0 aromatic heterocycles. The van der Waals surface area contributed by atoms with E-state index in [1.54, 1.807) is 6.92 Å². The van der Waals surface area contributed by atoms with Crippen molar-refractivity contribution in [1.82, 2.24) is 0 Å². The molecule has 0 aliphatic carbocycles. The lowest BCUT2D eigenvalue weighted by Crippen LogP contribution is -2.30. The van der Waals surface area contributed by atoms with Crippen molar-refractivity contribution in [3.63, 3.8) is 0 Å². The fourth-order valence-electron chi connectivity index (χ4n) is 1.97. The van der Waals surface area contributed by atoms with Crippen molar-refractivity contribution in [2.75, 3.05) is 13.2 Å². The van der Waals surface area contributed by atoms with Crippen LogP contribution in [0, 0.1) is 0 Å². The average molecular weight is 284 g/mol. The van der Waals surface area contributed by atoms with Crippen molar-refractivity contribution >= 4 is 11.9 Å². The second-order valence-electron chi connectivity index (χ2n) is 5.19. The van der Waals surface area contributed by atoms with E-state index in [0.29, 0.717) is 38.0 Å². The van der Waals surface area contributed by atoms with Gasteiger partial charge in [-0.1, -0.05) is 6.58 Å². The number of carbonyl (C=O) groups excluding carboxylic acids is 2. The summed E-state index contributed by atoms with van der Waals surface area (Å²) in [5, 5.41) is 0. The van der Waals surface area contributed by atoms with E-state index in [9.17, 15) is 9.59 Å². The quantitative estimate of drug-likeness (QED) is 0.408. The molecule has 0 spiro atoms. The van der Waals surface area contributed by atoms with Gasteiger partial charge in [-0.3, -0.25) is 4.79 Å². The maximum absolute atomic E-state index is 11.6. The van der Waals surface area contributed by atoms with Crippen LogP contribution in [0.25, 0.3) is 0 Å². The Kier molecular flexibility index (Phi) is 7.30. The van der Waals surface area contributed by atoms with E-state index in [1.165, 1.54) is 0 Å². The third kappa shape index (κ3) is 6.70. The standard InChI is InChI=1S/C15H24O5/c1-11(2)15(17)19-8-5-4-6-14(16)20-13-7-9-18-12(3)10-13/h12-13H,1,4-10H2,2-3H3/t12?,13-/m0/s1. The zero-order valence-electron chi connectivity index (χ0n) is 12.4. The van der Waals surface area contributed by atoms with Gasteiger partial charge in [-0.05, 0) is 26.7 Å². The van der Waals surface area contributed by atoms with Crippen molar-refractivity contribution in [3.05, 3.63) is 12.2 Å². The minimum atomic E-state index is -0.385. The maximum Gasteiger partial charge on any atom is 0.333 e. The third-order valence-electron chi connectivity index (χ3n) is 3.09. The van der Waals surface area contributed by atoms with E-state index in [0.717, 1.165) is 12.8 Å². The minimum Gasteiger partial charge on any atom is -0.462 e. The molecular formula is C15H24O5. The monoisotopic (exact) mass is 284 g/mol. The molecule has 5 heteroatoms. The van der Waals surface area contributed by atoms with Crippen LogP contribution in [0.5, 0.6) is 0 Å². The first-order chi connectivity index (χ1) is 9.49. The van der Waals surface area contributed by atoms with Crippen molar-refractivity contribution < 1.29 is 23.8 Å². The predicted octanol–water partition coefficient (Wildman–Crippen LogP) is 2.39. The molecule has 1 heterocycles. The van der Waals surface area contributed by atoms with Gasteiger partial charge in [0, 0.05) is 24.8 Å². The number of unbranched alkanes of at least 4 members (excludes halogenated alkanes) is 1. The SMILES string of the molecule is C=C(C)C(=O)OCCCCC(=O)O[C@H]1CCOC(C)C1. The lowest BCUT2D eigenvalue weighted by Gasteiger charge is -2.27. The van der Waals surface area contributed by atoms with E-state index >= 15 is 0 Å². The fraction of sp³-hybridized carbons (Fsp3) is 0.733. The van der Waals surface area contributed by atoms with Crippen LogP contribution in [0.3, 0.4) is 0 Å². The molecule has 5 nitrogen and oxygen atoms in total. The molecule has 1 aliphatic heterocycles. The van der Waals surface area contributed by atoms with Crippen LogP contribution in [0.4, 0.5) is 0 Å². The average Bonchev–Trinajstić information content (AvgIpc) is 2.37. The van der Waals surface area contributed by atoms with Gasteiger partial charge < -0.3 is 14.2 Å². The van der Waals surface area contributed by atoms with Gasteiger partial charge in [0.2, 0.25) is 0 Å².